The molecule has 0 aliphatic rings. The first-order valence-corrected chi connectivity index (χ1v) is 13.7. The average Bonchev–Trinajstić information content (AvgIpc) is 2.88. The monoisotopic (exact) mass is 530 g/mol. The van der Waals surface area contributed by atoms with Crippen LogP contribution < -0.4 is 50.4 Å². The molecule has 0 saturated heterocycles. The van der Waals surface area contributed by atoms with E-state index < -0.39 is 18.1 Å². The molecule has 0 saturated carbocycles. The van der Waals surface area contributed by atoms with E-state index in [2.05, 4.69) is 16.0 Å². The molecule has 13 nitrogen and oxygen atoms in total. The Balaban J connectivity index is 4.62. The van der Waals surface area contributed by atoms with Crippen molar-refractivity contribution in [2.75, 3.05) is 58.9 Å². The van der Waals surface area contributed by atoms with Crippen LogP contribution in [-0.2, 0) is 14.4 Å². The highest BCUT2D eigenvalue weighted by Crippen LogP contribution is 2.00. The molecule has 0 heterocycles. The van der Waals surface area contributed by atoms with Crippen molar-refractivity contribution in [2.45, 2.75) is 75.9 Å². The molecule has 0 aliphatic carbocycles. The molecule has 0 aromatic rings. The van der Waals surface area contributed by atoms with E-state index in [-0.39, 0.29) is 17.7 Å². The van der Waals surface area contributed by atoms with Crippen LogP contribution in [0, 0.1) is 0 Å². The number of hydrogen-bond acceptors (Lipinski definition) is 10. The molecule has 0 fully saturated rings. The molecule has 0 aromatic carbocycles. The summed E-state index contributed by atoms with van der Waals surface area (Å²) in [7, 11) is 0. The number of nitrogens with two attached hydrogens (primary N) is 6. The lowest BCUT2D eigenvalue weighted by molar-refractivity contribution is -0.123. The van der Waals surface area contributed by atoms with Crippen molar-refractivity contribution in [1.29, 1.82) is 0 Å². The van der Waals surface area contributed by atoms with Gasteiger partial charge in [-0.15, -0.1) is 0 Å². The maximum atomic E-state index is 12.2. The summed E-state index contributed by atoms with van der Waals surface area (Å²) in [6.45, 7) is 4.48. The fourth-order valence-corrected chi connectivity index (χ4v) is 3.66. The summed E-state index contributed by atoms with van der Waals surface area (Å²) in [5, 5.41) is 8.58. The van der Waals surface area contributed by atoms with Crippen LogP contribution in [0.4, 0.5) is 0 Å². The van der Waals surface area contributed by atoms with Crippen molar-refractivity contribution in [3.05, 3.63) is 0 Å². The van der Waals surface area contributed by atoms with E-state index in [1.807, 2.05) is 4.90 Å². The Kier molecular flexibility index (Phi) is 22.1. The smallest absolute Gasteiger partial charge is 0.236 e. The third kappa shape index (κ3) is 18.9. The highest BCUT2D eigenvalue weighted by molar-refractivity contribution is 5.82. The first-order valence-electron chi connectivity index (χ1n) is 13.7. The maximum absolute atomic E-state index is 12.2. The molecule has 0 aliphatic heterocycles. The minimum absolute atomic E-state index is 0.203. The van der Waals surface area contributed by atoms with E-state index >= 15 is 0 Å². The van der Waals surface area contributed by atoms with Crippen molar-refractivity contribution >= 4 is 17.7 Å². The predicted molar refractivity (Wildman–Crippen MR) is 148 cm³/mol. The first kappa shape index (κ1) is 35.1. The zero-order valence-electron chi connectivity index (χ0n) is 22.6. The number of hydrogen-bond donors (Lipinski definition) is 9. The molecule has 0 radical (unpaired) electrons. The van der Waals surface area contributed by atoms with E-state index in [0.717, 1.165) is 38.5 Å². The highest BCUT2D eigenvalue weighted by Gasteiger charge is 2.16. The van der Waals surface area contributed by atoms with Gasteiger partial charge >= 0.3 is 0 Å². The predicted octanol–water partition coefficient (Wildman–Crippen LogP) is -2.99. The van der Waals surface area contributed by atoms with E-state index in [1.165, 1.54) is 0 Å². The number of amides is 3. The van der Waals surface area contributed by atoms with Crippen LogP contribution in [0.15, 0.2) is 0 Å². The largest absolute Gasteiger partial charge is 0.353 e. The molecular weight excluding hydrogens is 476 g/mol. The molecule has 3 atom stereocenters. The molecule has 0 bridgehead atoms. The fourth-order valence-electron chi connectivity index (χ4n) is 3.66. The Morgan fingerprint density at radius 1 is 0.514 bits per heavy atom. The zero-order valence-corrected chi connectivity index (χ0v) is 22.6. The minimum Gasteiger partial charge on any atom is -0.353 e. The zero-order chi connectivity index (χ0) is 27.9. The number of carbonyl (C=O) groups excluding carboxylic acids is 3. The van der Waals surface area contributed by atoms with Gasteiger partial charge in [-0.25, -0.2) is 0 Å². The van der Waals surface area contributed by atoms with Gasteiger partial charge in [0.1, 0.15) is 0 Å². The standard InChI is InChI=1S/C24H54N10O3/c25-10-4-1-7-19(28)22(35)31-13-16-34(17-14-32-23(36)20(29)8-2-5-11-26)18-15-33-24(37)21(30)9-3-6-12-27/h19-21H,1-18,25-30H2,(H,31,35)(H,32,36)(H,33,37)/t19-,20-,21-/m0/s1. The van der Waals surface area contributed by atoms with E-state index in [4.69, 9.17) is 34.4 Å². The summed E-state index contributed by atoms with van der Waals surface area (Å²) in [5.74, 6) is -0.610. The number of nitrogens with zero attached hydrogens (tertiary/aromatic N) is 1. The molecular formula is C24H54N10O3. The van der Waals surface area contributed by atoms with Gasteiger partial charge in [-0.05, 0) is 58.2 Å². The van der Waals surface area contributed by atoms with E-state index in [0.29, 0.717) is 78.2 Å². The van der Waals surface area contributed by atoms with Gasteiger partial charge in [-0.3, -0.25) is 19.3 Å². The lowest BCUT2D eigenvalue weighted by atomic mass is 10.1. The van der Waals surface area contributed by atoms with Gasteiger partial charge in [0, 0.05) is 39.3 Å². The summed E-state index contributed by atoms with van der Waals surface area (Å²) < 4.78 is 0. The summed E-state index contributed by atoms with van der Waals surface area (Å²) in [6.07, 6.45) is 6.67. The van der Waals surface area contributed by atoms with Crippen LogP contribution in [-0.4, -0.2) is 99.6 Å². The molecule has 37 heavy (non-hydrogen) atoms. The SMILES string of the molecule is NCCCC[C@H](N)C(=O)NCCN(CCNC(=O)[C@@H](N)CCCCN)CCNC(=O)[C@@H](N)CCCCN. The van der Waals surface area contributed by atoms with Crippen molar-refractivity contribution < 1.29 is 14.4 Å². The Bertz CT molecular complexity index is 530. The summed E-state index contributed by atoms with van der Waals surface area (Å²) in [5.41, 5.74) is 34.3. The summed E-state index contributed by atoms with van der Waals surface area (Å²) in [4.78, 5) is 38.8. The molecule has 0 spiro atoms. The summed E-state index contributed by atoms with van der Waals surface area (Å²) in [6, 6.07) is -1.71. The van der Waals surface area contributed by atoms with Gasteiger partial charge in [0.15, 0.2) is 0 Å². The molecule has 0 rings (SSSR count). The molecule has 15 N–H and O–H groups in total. The highest BCUT2D eigenvalue weighted by atomic mass is 16.2. The van der Waals surface area contributed by atoms with Crippen LogP contribution in [0.3, 0.4) is 0 Å². The topological polar surface area (TPSA) is 247 Å². The second-order valence-electron chi connectivity index (χ2n) is 9.39. The number of rotatable bonds is 24. The van der Waals surface area contributed by atoms with Crippen LogP contribution in [0.1, 0.15) is 57.8 Å². The quantitative estimate of drug-likeness (QED) is 0.0572. The van der Waals surface area contributed by atoms with Crippen molar-refractivity contribution in [1.82, 2.24) is 20.9 Å². The van der Waals surface area contributed by atoms with Gasteiger partial charge in [0.05, 0.1) is 18.1 Å². The van der Waals surface area contributed by atoms with Crippen molar-refractivity contribution in [3.8, 4) is 0 Å². The van der Waals surface area contributed by atoms with E-state index in [1.54, 1.807) is 0 Å². The van der Waals surface area contributed by atoms with Crippen LogP contribution in [0.5, 0.6) is 0 Å². The Morgan fingerprint density at radius 3 is 1.03 bits per heavy atom. The van der Waals surface area contributed by atoms with Gasteiger partial charge in [-0.2, -0.15) is 0 Å². The average molecular weight is 531 g/mol. The van der Waals surface area contributed by atoms with Crippen molar-refractivity contribution in [2.24, 2.45) is 34.4 Å². The van der Waals surface area contributed by atoms with Crippen molar-refractivity contribution in [3.63, 3.8) is 0 Å². The van der Waals surface area contributed by atoms with Crippen LogP contribution >= 0.6 is 0 Å². The maximum Gasteiger partial charge on any atom is 0.236 e. The third-order valence-corrected chi connectivity index (χ3v) is 6.10. The van der Waals surface area contributed by atoms with Gasteiger partial charge in [0.25, 0.3) is 0 Å². The van der Waals surface area contributed by atoms with Gasteiger partial charge in [-0.1, -0.05) is 19.3 Å². The lowest BCUT2D eigenvalue weighted by Crippen LogP contribution is -2.48. The minimum atomic E-state index is -0.569. The third-order valence-electron chi connectivity index (χ3n) is 6.10. The molecule has 0 aromatic heterocycles. The molecule has 0 unspecified atom stereocenters. The number of unbranched alkanes of at least 4 members (excludes halogenated alkanes) is 3. The van der Waals surface area contributed by atoms with Gasteiger partial charge < -0.3 is 50.4 Å². The number of nitrogens with one attached hydrogen (secondary N) is 3. The van der Waals surface area contributed by atoms with Crippen LogP contribution in [0.2, 0.25) is 0 Å². The Morgan fingerprint density at radius 2 is 0.784 bits per heavy atom. The Labute approximate surface area is 222 Å². The molecule has 218 valence electrons. The normalized spacial score (nSPS) is 13.7. The molecule has 3 amide bonds. The second kappa shape index (κ2) is 23.3. The van der Waals surface area contributed by atoms with Gasteiger partial charge in [0.2, 0.25) is 17.7 Å². The van der Waals surface area contributed by atoms with E-state index in [9.17, 15) is 14.4 Å². The Hall–Kier alpha value is -1.87. The fraction of sp³-hybridized carbons (Fsp3) is 0.875. The lowest BCUT2D eigenvalue weighted by Gasteiger charge is -2.24. The first-order chi connectivity index (χ1) is 17.8. The molecule has 13 heteroatoms. The van der Waals surface area contributed by atoms with Crippen LogP contribution in [0.25, 0.3) is 0 Å². The second-order valence-corrected chi connectivity index (χ2v) is 9.39. The summed E-state index contributed by atoms with van der Waals surface area (Å²) >= 11 is 0. The number of carbonyl (C=O) groups is 3.